The van der Waals surface area contributed by atoms with Gasteiger partial charge in [-0.1, -0.05) is 30.3 Å². The molecule has 1 amide bonds. The van der Waals surface area contributed by atoms with Crippen molar-refractivity contribution in [3.8, 4) is 0 Å². The fourth-order valence-electron chi connectivity index (χ4n) is 3.32. The summed E-state index contributed by atoms with van der Waals surface area (Å²) in [4.78, 5) is 25.6. The van der Waals surface area contributed by atoms with E-state index in [2.05, 4.69) is 4.72 Å². The van der Waals surface area contributed by atoms with Crippen LogP contribution in [0, 0.1) is 6.92 Å². The lowest BCUT2D eigenvalue weighted by molar-refractivity contribution is -0.128. The molecule has 2 aromatic carbocycles. The highest BCUT2D eigenvalue weighted by Gasteiger charge is 2.22. The van der Waals surface area contributed by atoms with Gasteiger partial charge in [-0.2, -0.15) is 0 Å². The van der Waals surface area contributed by atoms with Gasteiger partial charge in [-0.05, 0) is 42.2 Å². The molecule has 3 rings (SSSR count). The molecule has 1 aliphatic heterocycles. The van der Waals surface area contributed by atoms with Crippen molar-refractivity contribution < 1.29 is 22.7 Å². The first kappa shape index (κ1) is 21.0. The van der Waals surface area contributed by atoms with Gasteiger partial charge in [-0.25, -0.2) is 17.9 Å². The van der Waals surface area contributed by atoms with Crippen molar-refractivity contribution in [1.29, 1.82) is 0 Å². The first-order chi connectivity index (χ1) is 13.8. The molecule has 0 aromatic heterocycles. The molecule has 0 saturated carbocycles. The maximum atomic E-state index is 12.8. The van der Waals surface area contributed by atoms with Gasteiger partial charge in [0.15, 0.2) is 0 Å². The number of methoxy groups -OCH3 is 1. The van der Waals surface area contributed by atoms with Crippen molar-refractivity contribution in [2.24, 2.45) is 0 Å². The molecule has 8 heteroatoms. The largest absolute Gasteiger partial charge is 0.465 e. The molecule has 0 bridgehead atoms. The summed E-state index contributed by atoms with van der Waals surface area (Å²) < 4.78 is 32.8. The highest BCUT2D eigenvalue weighted by Crippen LogP contribution is 2.19. The lowest BCUT2D eigenvalue weighted by Crippen LogP contribution is -2.27. The Bertz CT molecular complexity index is 1030. The standard InChI is InChI=1S/C21H24N2O5S/c1-15-9-10-18(12-19(15)21(25)28-2)29(26,27)22-13-16-6-3-4-7-17(16)14-23-11-5-8-20(23)24/h3-4,6-7,9-10,12,22H,5,8,11,13-14H2,1-2H3. The average molecular weight is 416 g/mol. The fourth-order valence-corrected chi connectivity index (χ4v) is 4.35. The predicted molar refractivity (Wildman–Crippen MR) is 108 cm³/mol. The summed E-state index contributed by atoms with van der Waals surface area (Å²) in [5.41, 5.74) is 2.56. The number of carbonyl (C=O) groups is 2. The van der Waals surface area contributed by atoms with Gasteiger partial charge in [0, 0.05) is 26.1 Å². The maximum Gasteiger partial charge on any atom is 0.338 e. The monoisotopic (exact) mass is 416 g/mol. The lowest BCUT2D eigenvalue weighted by Gasteiger charge is -2.18. The van der Waals surface area contributed by atoms with E-state index in [9.17, 15) is 18.0 Å². The Labute approximate surface area is 170 Å². The Balaban J connectivity index is 1.77. The van der Waals surface area contributed by atoms with E-state index in [1.54, 1.807) is 17.9 Å². The first-order valence-corrected chi connectivity index (χ1v) is 10.8. The fraction of sp³-hybridized carbons (Fsp3) is 0.333. The molecular formula is C21H24N2O5S. The first-order valence-electron chi connectivity index (χ1n) is 9.35. The molecule has 1 heterocycles. The molecule has 0 aliphatic carbocycles. The zero-order valence-corrected chi connectivity index (χ0v) is 17.3. The molecule has 2 aromatic rings. The summed E-state index contributed by atoms with van der Waals surface area (Å²) in [7, 11) is -2.58. The van der Waals surface area contributed by atoms with E-state index < -0.39 is 16.0 Å². The third kappa shape index (κ3) is 4.83. The Morgan fingerprint density at radius 3 is 2.55 bits per heavy atom. The highest BCUT2D eigenvalue weighted by atomic mass is 32.2. The van der Waals surface area contributed by atoms with Crippen molar-refractivity contribution in [1.82, 2.24) is 9.62 Å². The second kappa shape index (κ2) is 8.75. The van der Waals surface area contributed by atoms with Crippen LogP contribution in [0.25, 0.3) is 0 Å². The van der Waals surface area contributed by atoms with E-state index in [4.69, 9.17) is 4.74 Å². The van der Waals surface area contributed by atoms with Crippen LogP contribution in [0.2, 0.25) is 0 Å². The number of nitrogens with zero attached hydrogens (tertiary/aromatic N) is 1. The predicted octanol–water partition coefficient (Wildman–Crippen LogP) is 2.38. The van der Waals surface area contributed by atoms with E-state index in [0.717, 1.165) is 24.1 Å². The Morgan fingerprint density at radius 2 is 1.90 bits per heavy atom. The van der Waals surface area contributed by atoms with E-state index in [0.29, 0.717) is 18.5 Å². The van der Waals surface area contributed by atoms with Crippen LogP contribution in [0.1, 0.15) is 39.9 Å². The van der Waals surface area contributed by atoms with E-state index >= 15 is 0 Å². The molecular weight excluding hydrogens is 392 g/mol. The summed E-state index contributed by atoms with van der Waals surface area (Å²) in [5.74, 6) is -0.462. The minimum Gasteiger partial charge on any atom is -0.465 e. The molecule has 1 N–H and O–H groups in total. The second-order valence-corrected chi connectivity index (χ2v) is 8.75. The summed E-state index contributed by atoms with van der Waals surface area (Å²) in [6.45, 7) is 2.99. The minimum atomic E-state index is -3.83. The molecule has 1 aliphatic rings. The van der Waals surface area contributed by atoms with Crippen LogP contribution in [-0.2, 0) is 32.6 Å². The molecule has 0 spiro atoms. The quantitative estimate of drug-likeness (QED) is 0.700. The van der Waals surface area contributed by atoms with Gasteiger partial charge in [0.05, 0.1) is 17.6 Å². The van der Waals surface area contributed by atoms with Crippen molar-refractivity contribution in [3.05, 3.63) is 64.7 Å². The number of carbonyl (C=O) groups excluding carboxylic acids is 2. The van der Waals surface area contributed by atoms with Crippen molar-refractivity contribution in [2.75, 3.05) is 13.7 Å². The molecule has 29 heavy (non-hydrogen) atoms. The molecule has 1 saturated heterocycles. The van der Waals surface area contributed by atoms with Gasteiger partial charge in [-0.15, -0.1) is 0 Å². The molecule has 0 radical (unpaired) electrons. The van der Waals surface area contributed by atoms with Gasteiger partial charge in [0.25, 0.3) is 0 Å². The van der Waals surface area contributed by atoms with E-state index in [1.807, 2.05) is 24.3 Å². The number of esters is 1. The topological polar surface area (TPSA) is 92.8 Å². The van der Waals surface area contributed by atoms with Gasteiger partial charge < -0.3 is 9.64 Å². The lowest BCUT2D eigenvalue weighted by atomic mass is 10.1. The van der Waals surface area contributed by atoms with Gasteiger partial charge in [-0.3, -0.25) is 4.79 Å². The Hall–Kier alpha value is -2.71. The van der Waals surface area contributed by atoms with Crippen LogP contribution >= 0.6 is 0 Å². The van der Waals surface area contributed by atoms with Crippen LogP contribution in [0.4, 0.5) is 0 Å². The highest BCUT2D eigenvalue weighted by molar-refractivity contribution is 7.89. The van der Waals surface area contributed by atoms with Crippen molar-refractivity contribution >= 4 is 21.9 Å². The zero-order chi connectivity index (χ0) is 21.0. The van der Waals surface area contributed by atoms with Gasteiger partial charge >= 0.3 is 5.97 Å². The summed E-state index contributed by atoms with van der Waals surface area (Å²) in [6.07, 6.45) is 1.41. The summed E-state index contributed by atoms with van der Waals surface area (Å²) >= 11 is 0. The normalized spacial score (nSPS) is 14.3. The van der Waals surface area contributed by atoms with Crippen molar-refractivity contribution in [3.63, 3.8) is 0 Å². The number of rotatable bonds is 7. The number of hydrogen-bond acceptors (Lipinski definition) is 5. The Kier molecular flexibility index (Phi) is 6.34. The van der Waals surface area contributed by atoms with Crippen LogP contribution in [0.5, 0.6) is 0 Å². The molecule has 154 valence electrons. The van der Waals surface area contributed by atoms with Crippen molar-refractivity contribution in [2.45, 2.75) is 37.8 Å². The van der Waals surface area contributed by atoms with Gasteiger partial charge in [0.1, 0.15) is 0 Å². The number of hydrogen-bond donors (Lipinski definition) is 1. The molecule has 1 fully saturated rings. The number of benzene rings is 2. The van der Waals surface area contributed by atoms with E-state index in [-0.39, 0.29) is 22.9 Å². The number of amides is 1. The molecule has 7 nitrogen and oxygen atoms in total. The summed E-state index contributed by atoms with van der Waals surface area (Å²) in [6, 6.07) is 11.8. The van der Waals surface area contributed by atoms with Crippen LogP contribution in [0.15, 0.2) is 47.4 Å². The van der Waals surface area contributed by atoms with E-state index in [1.165, 1.54) is 19.2 Å². The van der Waals surface area contributed by atoms with Crippen LogP contribution < -0.4 is 4.72 Å². The molecule has 0 unspecified atom stereocenters. The summed E-state index contributed by atoms with van der Waals surface area (Å²) in [5, 5.41) is 0. The van der Waals surface area contributed by atoms with Crippen LogP contribution in [0.3, 0.4) is 0 Å². The van der Waals surface area contributed by atoms with Gasteiger partial charge in [0.2, 0.25) is 15.9 Å². The number of aryl methyl sites for hydroxylation is 1. The number of nitrogens with one attached hydrogen (secondary N) is 1. The average Bonchev–Trinajstić information content (AvgIpc) is 3.11. The third-order valence-corrected chi connectivity index (χ3v) is 6.43. The zero-order valence-electron chi connectivity index (χ0n) is 16.5. The SMILES string of the molecule is COC(=O)c1cc(S(=O)(=O)NCc2ccccc2CN2CCCC2=O)ccc1C. The second-order valence-electron chi connectivity index (χ2n) is 6.98. The smallest absolute Gasteiger partial charge is 0.338 e. The number of ether oxygens (including phenoxy) is 1. The van der Waals surface area contributed by atoms with Crippen LogP contribution in [-0.4, -0.2) is 38.8 Å². The Morgan fingerprint density at radius 1 is 1.17 bits per heavy atom. The molecule has 0 atom stereocenters. The number of sulfonamides is 1. The maximum absolute atomic E-state index is 12.8. The minimum absolute atomic E-state index is 0.00398. The number of likely N-dealkylation sites (tertiary alicyclic amines) is 1. The third-order valence-electron chi connectivity index (χ3n) is 5.03.